The van der Waals surface area contributed by atoms with E-state index in [9.17, 15) is 14.7 Å². The Kier molecular flexibility index (Phi) is 5.09. The van der Waals surface area contributed by atoms with Gasteiger partial charge in [0, 0.05) is 10.9 Å². The van der Waals surface area contributed by atoms with Gasteiger partial charge in [0.2, 0.25) is 5.91 Å². The van der Waals surface area contributed by atoms with Crippen molar-refractivity contribution in [1.82, 2.24) is 5.32 Å². The van der Waals surface area contributed by atoms with E-state index in [1.165, 1.54) is 0 Å². The van der Waals surface area contributed by atoms with Crippen LogP contribution in [0.1, 0.15) is 36.4 Å². The standard InChI is InChI=1S/C20H20ClNO3/c1-12(20(24)25)18(13-6-3-2-4-7-13)22-19(23)17-11-16(17)14-8-5-9-15(21)10-14/h2-10,12,16-18H,11H2,1H3,(H,22,23)(H,24,25). The van der Waals surface area contributed by atoms with Crippen LogP contribution in [-0.2, 0) is 9.59 Å². The van der Waals surface area contributed by atoms with Gasteiger partial charge in [-0.2, -0.15) is 0 Å². The first-order valence-electron chi connectivity index (χ1n) is 8.31. The molecular weight excluding hydrogens is 338 g/mol. The maximum atomic E-state index is 12.6. The molecule has 0 heterocycles. The Bertz CT molecular complexity index is 778. The second-order valence-electron chi connectivity index (χ2n) is 6.53. The molecule has 1 aliphatic rings. The molecular formula is C20H20ClNO3. The maximum Gasteiger partial charge on any atom is 0.308 e. The Balaban J connectivity index is 1.72. The molecule has 0 aromatic heterocycles. The molecule has 4 nitrogen and oxygen atoms in total. The van der Waals surface area contributed by atoms with Gasteiger partial charge in [0.1, 0.15) is 0 Å². The van der Waals surface area contributed by atoms with Crippen LogP contribution in [0, 0.1) is 11.8 Å². The van der Waals surface area contributed by atoms with Gasteiger partial charge in [-0.15, -0.1) is 0 Å². The van der Waals surface area contributed by atoms with E-state index in [0.717, 1.165) is 17.5 Å². The molecule has 1 amide bonds. The van der Waals surface area contributed by atoms with Crippen LogP contribution in [0.25, 0.3) is 0 Å². The van der Waals surface area contributed by atoms with E-state index >= 15 is 0 Å². The van der Waals surface area contributed by atoms with Gasteiger partial charge in [-0.3, -0.25) is 9.59 Å². The zero-order valence-electron chi connectivity index (χ0n) is 13.9. The van der Waals surface area contributed by atoms with Crippen molar-refractivity contribution in [2.75, 3.05) is 0 Å². The molecule has 1 saturated carbocycles. The van der Waals surface area contributed by atoms with E-state index in [4.69, 9.17) is 11.6 Å². The molecule has 1 fully saturated rings. The minimum Gasteiger partial charge on any atom is -0.481 e. The fourth-order valence-corrected chi connectivity index (χ4v) is 3.35. The molecule has 2 aromatic rings. The fraction of sp³-hybridized carbons (Fsp3) is 0.300. The monoisotopic (exact) mass is 357 g/mol. The summed E-state index contributed by atoms with van der Waals surface area (Å²) in [5.74, 6) is -1.74. The van der Waals surface area contributed by atoms with Crippen molar-refractivity contribution in [2.45, 2.75) is 25.3 Å². The highest BCUT2D eigenvalue weighted by Crippen LogP contribution is 2.48. The summed E-state index contributed by atoms with van der Waals surface area (Å²) in [7, 11) is 0. The van der Waals surface area contributed by atoms with Gasteiger partial charge >= 0.3 is 5.97 Å². The molecule has 1 aliphatic carbocycles. The minimum atomic E-state index is -0.934. The van der Waals surface area contributed by atoms with Gasteiger partial charge in [-0.05, 0) is 42.5 Å². The molecule has 4 unspecified atom stereocenters. The zero-order chi connectivity index (χ0) is 18.0. The molecule has 130 valence electrons. The predicted octanol–water partition coefficient (Wildman–Crippen LogP) is 4.02. The van der Waals surface area contributed by atoms with Gasteiger partial charge in [0.15, 0.2) is 0 Å². The second kappa shape index (κ2) is 7.28. The number of amides is 1. The van der Waals surface area contributed by atoms with Crippen molar-refractivity contribution in [3.05, 3.63) is 70.7 Å². The van der Waals surface area contributed by atoms with Gasteiger partial charge in [0.05, 0.1) is 12.0 Å². The van der Waals surface area contributed by atoms with Crippen molar-refractivity contribution >= 4 is 23.5 Å². The van der Waals surface area contributed by atoms with Crippen molar-refractivity contribution in [1.29, 1.82) is 0 Å². The van der Waals surface area contributed by atoms with E-state index in [1.807, 2.05) is 54.6 Å². The van der Waals surface area contributed by atoms with Gasteiger partial charge in [0.25, 0.3) is 0 Å². The summed E-state index contributed by atoms with van der Waals surface area (Å²) in [5, 5.41) is 13.0. The quantitative estimate of drug-likeness (QED) is 0.820. The molecule has 3 rings (SSSR count). The minimum absolute atomic E-state index is 0.105. The van der Waals surface area contributed by atoms with Crippen LogP contribution in [0.2, 0.25) is 5.02 Å². The lowest BCUT2D eigenvalue weighted by atomic mass is 9.94. The summed E-state index contributed by atoms with van der Waals surface area (Å²) in [4.78, 5) is 24.1. The van der Waals surface area contributed by atoms with Crippen LogP contribution >= 0.6 is 11.6 Å². The van der Waals surface area contributed by atoms with E-state index in [2.05, 4.69) is 5.32 Å². The van der Waals surface area contributed by atoms with E-state index < -0.39 is 17.9 Å². The SMILES string of the molecule is CC(C(=O)O)C(NC(=O)C1CC1c1cccc(Cl)c1)c1ccccc1. The number of rotatable bonds is 6. The summed E-state index contributed by atoms with van der Waals surface area (Å²) in [6.07, 6.45) is 0.759. The molecule has 0 aliphatic heterocycles. The van der Waals surface area contributed by atoms with E-state index in [1.54, 1.807) is 6.92 Å². The Morgan fingerprint density at radius 1 is 1.16 bits per heavy atom. The highest BCUT2D eigenvalue weighted by molar-refractivity contribution is 6.30. The Morgan fingerprint density at radius 3 is 2.52 bits per heavy atom. The third-order valence-corrected chi connectivity index (χ3v) is 4.99. The molecule has 0 radical (unpaired) electrons. The van der Waals surface area contributed by atoms with Crippen LogP contribution in [0.3, 0.4) is 0 Å². The molecule has 25 heavy (non-hydrogen) atoms. The number of hydrogen-bond donors (Lipinski definition) is 2. The largest absolute Gasteiger partial charge is 0.481 e. The van der Waals surface area contributed by atoms with Crippen LogP contribution in [0.4, 0.5) is 0 Å². The number of carboxylic acid groups (broad SMARTS) is 1. The highest BCUT2D eigenvalue weighted by atomic mass is 35.5. The molecule has 0 spiro atoms. The van der Waals surface area contributed by atoms with Crippen molar-refractivity contribution < 1.29 is 14.7 Å². The summed E-state index contributed by atoms with van der Waals surface area (Å²) in [6.45, 7) is 1.61. The number of carbonyl (C=O) groups is 2. The third kappa shape index (κ3) is 4.02. The van der Waals surface area contributed by atoms with Crippen molar-refractivity contribution in [3.8, 4) is 0 Å². The van der Waals surface area contributed by atoms with Crippen LogP contribution in [0.15, 0.2) is 54.6 Å². The smallest absolute Gasteiger partial charge is 0.308 e. The fourth-order valence-electron chi connectivity index (χ4n) is 3.15. The lowest BCUT2D eigenvalue weighted by Gasteiger charge is -2.23. The first kappa shape index (κ1) is 17.5. The Hall–Kier alpha value is -2.33. The summed E-state index contributed by atoms with van der Waals surface area (Å²) < 4.78 is 0. The number of nitrogens with one attached hydrogen (secondary N) is 1. The van der Waals surface area contributed by atoms with Crippen molar-refractivity contribution in [3.63, 3.8) is 0 Å². The van der Waals surface area contributed by atoms with Crippen LogP contribution in [0.5, 0.6) is 0 Å². The van der Waals surface area contributed by atoms with Gasteiger partial charge < -0.3 is 10.4 Å². The summed E-state index contributed by atoms with van der Waals surface area (Å²) in [5.41, 5.74) is 1.85. The van der Waals surface area contributed by atoms with E-state index in [-0.39, 0.29) is 17.7 Å². The lowest BCUT2D eigenvalue weighted by Crippen LogP contribution is -2.36. The third-order valence-electron chi connectivity index (χ3n) is 4.75. The van der Waals surface area contributed by atoms with Gasteiger partial charge in [-0.25, -0.2) is 0 Å². The van der Waals surface area contributed by atoms with Crippen molar-refractivity contribution in [2.24, 2.45) is 11.8 Å². The average molecular weight is 358 g/mol. The predicted molar refractivity (Wildman–Crippen MR) is 96.4 cm³/mol. The number of carbonyl (C=O) groups excluding carboxylic acids is 1. The number of aliphatic carboxylic acids is 1. The molecule has 0 bridgehead atoms. The van der Waals surface area contributed by atoms with E-state index in [0.29, 0.717) is 5.02 Å². The Labute approximate surface area is 151 Å². The average Bonchev–Trinajstić information content (AvgIpc) is 3.40. The second-order valence-corrected chi connectivity index (χ2v) is 6.96. The summed E-state index contributed by atoms with van der Waals surface area (Å²) >= 11 is 6.02. The first-order valence-corrected chi connectivity index (χ1v) is 8.68. The highest BCUT2D eigenvalue weighted by Gasteiger charge is 2.45. The lowest BCUT2D eigenvalue weighted by molar-refractivity contribution is -0.142. The van der Waals surface area contributed by atoms with Crippen LogP contribution in [-0.4, -0.2) is 17.0 Å². The topological polar surface area (TPSA) is 66.4 Å². The summed E-state index contributed by atoms with van der Waals surface area (Å²) in [6, 6.07) is 16.2. The molecule has 2 N–H and O–H groups in total. The maximum absolute atomic E-state index is 12.6. The number of halogens is 1. The molecule has 5 heteroatoms. The molecule has 0 saturated heterocycles. The van der Waals surface area contributed by atoms with Gasteiger partial charge in [-0.1, -0.05) is 54.1 Å². The number of hydrogen-bond acceptors (Lipinski definition) is 2. The normalized spacial score (nSPS) is 21.2. The zero-order valence-corrected chi connectivity index (χ0v) is 14.6. The number of benzene rings is 2. The molecule has 2 aromatic carbocycles. The first-order chi connectivity index (χ1) is 12.0. The number of carboxylic acids is 1. The Morgan fingerprint density at radius 2 is 1.88 bits per heavy atom. The molecule has 4 atom stereocenters. The van der Waals surface area contributed by atoms with Crippen LogP contribution < -0.4 is 5.32 Å².